The molecule has 3 aromatic rings. The number of amides is 2. The molecule has 0 unspecified atom stereocenters. The van der Waals surface area contributed by atoms with Crippen LogP contribution in [0.2, 0.25) is 0 Å². The number of carbonyl (C=O) groups is 2. The van der Waals surface area contributed by atoms with Crippen LogP contribution in [-0.2, 0) is 9.59 Å². The van der Waals surface area contributed by atoms with Gasteiger partial charge in [-0.3, -0.25) is 9.59 Å². The van der Waals surface area contributed by atoms with E-state index in [1.807, 2.05) is 91.9 Å². The molecule has 0 aromatic heterocycles. The highest BCUT2D eigenvalue weighted by Crippen LogP contribution is 2.33. The van der Waals surface area contributed by atoms with Crippen LogP contribution in [0.3, 0.4) is 0 Å². The maximum Gasteiger partial charge on any atom is 0.240 e. The molecule has 0 aliphatic heterocycles. The summed E-state index contributed by atoms with van der Waals surface area (Å²) >= 11 is 0. The number of benzene rings is 3. The smallest absolute Gasteiger partial charge is 0.240 e. The van der Waals surface area contributed by atoms with E-state index < -0.39 is 23.9 Å². The number of hydrogen-bond acceptors (Lipinski definition) is 4. The summed E-state index contributed by atoms with van der Waals surface area (Å²) in [4.78, 5) is 28.6. The van der Waals surface area contributed by atoms with E-state index >= 15 is 0 Å². The molecule has 0 fully saturated rings. The van der Waals surface area contributed by atoms with E-state index in [0.717, 1.165) is 22.4 Å². The van der Waals surface area contributed by atoms with Gasteiger partial charge in [-0.25, -0.2) is 0 Å². The Bertz CT molecular complexity index is 1020. The van der Waals surface area contributed by atoms with E-state index in [0.29, 0.717) is 19.4 Å². The predicted octanol–water partition coefficient (Wildman–Crippen LogP) is 4.43. The maximum atomic E-state index is 14.4. The monoisotopic (exact) mass is 495 g/mol. The summed E-state index contributed by atoms with van der Waals surface area (Å²) in [6.45, 7) is 2.33. The summed E-state index contributed by atoms with van der Waals surface area (Å²) < 4.78 is 5.28. The first-order valence-corrected chi connectivity index (χ1v) is 11.5. The van der Waals surface area contributed by atoms with Gasteiger partial charge in [0.1, 0.15) is 11.8 Å². The number of nitrogens with two attached hydrogens (primary N) is 2. The van der Waals surface area contributed by atoms with E-state index in [4.69, 9.17) is 16.2 Å². The van der Waals surface area contributed by atoms with Gasteiger partial charge in [0.05, 0.1) is 19.1 Å². The summed E-state index contributed by atoms with van der Waals surface area (Å²) in [6, 6.07) is 25.5. The third-order valence-corrected chi connectivity index (χ3v) is 6.13. The average Bonchev–Trinajstić information content (AvgIpc) is 2.87. The lowest BCUT2D eigenvalue weighted by molar-refractivity contribution is -0.142. The highest BCUT2D eigenvalue weighted by atomic mass is 35.5. The molecule has 7 heteroatoms. The zero-order chi connectivity index (χ0) is 24.5. The summed E-state index contributed by atoms with van der Waals surface area (Å²) in [5.41, 5.74) is 14.2. The molecule has 0 radical (unpaired) electrons. The first-order chi connectivity index (χ1) is 16.5. The molecule has 3 aromatic carbocycles. The van der Waals surface area contributed by atoms with Crippen LogP contribution in [-0.4, -0.2) is 36.4 Å². The van der Waals surface area contributed by atoms with Gasteiger partial charge < -0.3 is 21.1 Å². The second-order valence-electron chi connectivity index (χ2n) is 8.30. The van der Waals surface area contributed by atoms with Crippen molar-refractivity contribution in [2.45, 2.75) is 37.8 Å². The van der Waals surface area contributed by atoms with Crippen molar-refractivity contribution in [1.82, 2.24) is 4.90 Å². The molecule has 0 spiro atoms. The summed E-state index contributed by atoms with van der Waals surface area (Å²) in [6.07, 6.45) is 0.975. The largest absolute Gasteiger partial charge is 0.497 e. The number of ether oxygens (including phenoxy) is 1. The molecule has 0 bridgehead atoms. The molecule has 0 aliphatic carbocycles. The third-order valence-electron chi connectivity index (χ3n) is 6.13. The topological polar surface area (TPSA) is 98.7 Å². The summed E-state index contributed by atoms with van der Waals surface area (Å²) in [7, 11) is 1.61. The van der Waals surface area contributed by atoms with E-state index in [9.17, 15) is 9.59 Å². The molecule has 6 nitrogen and oxygen atoms in total. The minimum absolute atomic E-state index is 0. The first-order valence-electron chi connectivity index (χ1n) is 11.5. The fraction of sp³-hybridized carbons (Fsp3) is 0.286. The van der Waals surface area contributed by atoms with Crippen molar-refractivity contribution < 1.29 is 14.3 Å². The van der Waals surface area contributed by atoms with Crippen LogP contribution in [0.1, 0.15) is 48.4 Å². The quantitative estimate of drug-likeness (QED) is 0.411. The molecule has 0 saturated carbocycles. The second-order valence-corrected chi connectivity index (χ2v) is 8.30. The Labute approximate surface area is 213 Å². The van der Waals surface area contributed by atoms with Gasteiger partial charge in [0.2, 0.25) is 11.8 Å². The van der Waals surface area contributed by atoms with Crippen LogP contribution in [0.15, 0.2) is 84.9 Å². The maximum absolute atomic E-state index is 14.4. The summed E-state index contributed by atoms with van der Waals surface area (Å²) in [5, 5.41) is 0. The van der Waals surface area contributed by atoms with Crippen LogP contribution in [0.4, 0.5) is 0 Å². The van der Waals surface area contributed by atoms with Crippen molar-refractivity contribution >= 4 is 24.2 Å². The Morgan fingerprint density at radius 2 is 1.37 bits per heavy atom. The molecule has 0 heterocycles. The van der Waals surface area contributed by atoms with Crippen molar-refractivity contribution in [2.75, 3.05) is 13.7 Å². The van der Waals surface area contributed by atoms with Crippen molar-refractivity contribution in [1.29, 1.82) is 0 Å². The molecule has 2 amide bonds. The van der Waals surface area contributed by atoms with Crippen molar-refractivity contribution in [3.63, 3.8) is 0 Å². The lowest BCUT2D eigenvalue weighted by Crippen LogP contribution is -2.50. The minimum Gasteiger partial charge on any atom is -0.497 e. The van der Waals surface area contributed by atoms with E-state index in [1.165, 1.54) is 0 Å². The number of rotatable bonds is 11. The van der Waals surface area contributed by atoms with Crippen molar-refractivity contribution in [3.8, 4) is 5.75 Å². The Kier molecular flexibility index (Phi) is 10.8. The molecule has 0 saturated heterocycles. The predicted molar refractivity (Wildman–Crippen MR) is 142 cm³/mol. The number of primary amides is 1. The molecule has 2 atom stereocenters. The Morgan fingerprint density at radius 3 is 1.80 bits per heavy atom. The van der Waals surface area contributed by atoms with Gasteiger partial charge in [0.25, 0.3) is 0 Å². The Morgan fingerprint density at radius 1 is 0.857 bits per heavy atom. The lowest BCUT2D eigenvalue weighted by atomic mass is 9.88. The fourth-order valence-electron chi connectivity index (χ4n) is 4.30. The normalized spacial score (nSPS) is 12.3. The van der Waals surface area contributed by atoms with Crippen LogP contribution >= 0.6 is 12.4 Å². The van der Waals surface area contributed by atoms with Crippen LogP contribution in [0.5, 0.6) is 5.75 Å². The van der Waals surface area contributed by atoms with E-state index in [2.05, 4.69) is 0 Å². The zero-order valence-electron chi connectivity index (χ0n) is 20.2. The number of hydrogen-bond donors (Lipinski definition) is 2. The van der Waals surface area contributed by atoms with Gasteiger partial charge in [0.15, 0.2) is 0 Å². The van der Waals surface area contributed by atoms with Gasteiger partial charge in [-0.1, -0.05) is 72.8 Å². The van der Waals surface area contributed by atoms with Crippen LogP contribution < -0.4 is 16.2 Å². The highest BCUT2D eigenvalue weighted by Gasteiger charge is 2.37. The first kappa shape index (κ1) is 27.9. The van der Waals surface area contributed by atoms with Gasteiger partial charge in [-0.2, -0.15) is 0 Å². The van der Waals surface area contributed by atoms with Crippen LogP contribution in [0, 0.1) is 0 Å². The Balaban J connectivity index is 0.00000432. The number of carbonyl (C=O) groups excluding carboxylic acids is 2. The van der Waals surface area contributed by atoms with Gasteiger partial charge in [-0.15, -0.1) is 12.4 Å². The summed E-state index contributed by atoms with van der Waals surface area (Å²) in [5.74, 6) is -0.582. The molecule has 186 valence electrons. The molecular weight excluding hydrogens is 462 g/mol. The van der Waals surface area contributed by atoms with Crippen LogP contribution in [0.25, 0.3) is 0 Å². The molecular formula is C28H34ClN3O3. The average molecular weight is 496 g/mol. The molecule has 3 rings (SSSR count). The SMILES string of the molecule is COc1ccc([C@@H](C)N(C(=O)C(c2ccccc2)c2ccccc2)[C@H](CCCN)C(N)=O)cc1.Cl. The van der Waals surface area contributed by atoms with Crippen molar-refractivity contribution in [3.05, 3.63) is 102 Å². The minimum atomic E-state index is -0.789. The zero-order valence-corrected chi connectivity index (χ0v) is 21.0. The van der Waals surface area contributed by atoms with Gasteiger partial charge >= 0.3 is 0 Å². The van der Waals surface area contributed by atoms with Gasteiger partial charge in [0, 0.05) is 0 Å². The standard InChI is InChI=1S/C28H33N3O3.ClH/c1-20(21-15-17-24(34-2)18-16-21)31(25(27(30)32)14-9-19-29)28(33)26(22-10-5-3-6-11-22)23-12-7-4-8-13-23;/h3-8,10-13,15-18,20,25-26H,9,14,19,29H2,1-2H3,(H2,30,32);1H/t20-,25-;/m1./s1. The number of methoxy groups -OCH3 is 1. The number of nitrogens with zero attached hydrogens (tertiary/aromatic N) is 1. The molecule has 35 heavy (non-hydrogen) atoms. The van der Waals surface area contributed by atoms with Gasteiger partial charge in [-0.05, 0) is 55.1 Å². The van der Waals surface area contributed by atoms with E-state index in [-0.39, 0.29) is 18.3 Å². The molecule has 0 aliphatic rings. The van der Waals surface area contributed by atoms with E-state index in [1.54, 1.807) is 12.0 Å². The number of halogens is 1. The Hall–Kier alpha value is -3.35. The fourth-order valence-corrected chi connectivity index (χ4v) is 4.30. The second kappa shape index (κ2) is 13.5. The molecule has 4 N–H and O–H groups in total. The third kappa shape index (κ3) is 6.84. The highest BCUT2D eigenvalue weighted by molar-refractivity contribution is 5.92. The van der Waals surface area contributed by atoms with Crippen molar-refractivity contribution in [2.24, 2.45) is 11.5 Å². The lowest BCUT2D eigenvalue weighted by Gasteiger charge is -2.38.